The van der Waals surface area contributed by atoms with Crippen LogP contribution in [0.3, 0.4) is 0 Å². The van der Waals surface area contributed by atoms with Gasteiger partial charge in [0, 0.05) is 31.9 Å². The van der Waals surface area contributed by atoms with Gasteiger partial charge in [0.05, 0.1) is 5.02 Å². The minimum absolute atomic E-state index is 0.241. The first kappa shape index (κ1) is 24.0. The first-order chi connectivity index (χ1) is 16.6. The molecule has 8 nitrogen and oxygen atoms in total. The molecule has 1 amide bonds. The van der Waals surface area contributed by atoms with Gasteiger partial charge in [0.25, 0.3) is 0 Å². The molecule has 176 valence electrons. The van der Waals surface area contributed by atoms with Crippen LogP contribution in [0.1, 0.15) is 23.0 Å². The second-order valence-corrected chi connectivity index (χ2v) is 8.98. The number of nitrogens with zero attached hydrogens (tertiary/aromatic N) is 4. The number of carbonyl (C=O) groups excluding carboxylic acids is 1. The summed E-state index contributed by atoms with van der Waals surface area (Å²) in [6.07, 6.45) is 0.750. The zero-order valence-electron chi connectivity index (χ0n) is 18.8. The van der Waals surface area contributed by atoms with Crippen LogP contribution in [-0.4, -0.2) is 39.5 Å². The van der Waals surface area contributed by atoms with Crippen LogP contribution in [0.15, 0.2) is 70.3 Å². The number of rotatable bonds is 10. The van der Waals surface area contributed by atoms with E-state index < -0.39 is 5.25 Å². The molecule has 4 rings (SSSR count). The van der Waals surface area contributed by atoms with Crippen LogP contribution in [0, 0.1) is 6.92 Å². The highest BCUT2D eigenvalue weighted by Crippen LogP contribution is 2.37. The number of halogens is 1. The number of ether oxygens (including phenoxy) is 1. The number of amides is 1. The average Bonchev–Trinajstić information content (AvgIpc) is 3.44. The van der Waals surface area contributed by atoms with Gasteiger partial charge in [-0.1, -0.05) is 71.0 Å². The summed E-state index contributed by atoms with van der Waals surface area (Å²) in [5, 5.41) is 16.2. The predicted molar refractivity (Wildman–Crippen MR) is 132 cm³/mol. The third-order valence-corrected chi connectivity index (χ3v) is 6.57. The Morgan fingerprint density at radius 1 is 1.18 bits per heavy atom. The van der Waals surface area contributed by atoms with Crippen molar-refractivity contribution in [3.63, 3.8) is 0 Å². The van der Waals surface area contributed by atoms with Gasteiger partial charge in [-0.05, 0) is 31.0 Å². The van der Waals surface area contributed by atoms with Crippen molar-refractivity contribution in [2.75, 3.05) is 19.0 Å². The largest absolute Gasteiger partial charge is 0.385 e. The standard InChI is InChI=1S/C24H24ClN5O3S/c1-16-15-20(29-33-16)26-23(31)21(17-9-4-3-5-10-17)34-24-28-27-22(30(24)13-8-14-32-2)18-11-6-7-12-19(18)25/h3-7,9-12,15,21H,8,13-14H2,1-2H3,(H,26,29,31). The molecule has 0 bridgehead atoms. The monoisotopic (exact) mass is 497 g/mol. The van der Waals surface area contributed by atoms with E-state index in [-0.39, 0.29) is 5.91 Å². The van der Waals surface area contributed by atoms with E-state index in [2.05, 4.69) is 20.7 Å². The van der Waals surface area contributed by atoms with E-state index in [1.165, 1.54) is 11.8 Å². The maximum atomic E-state index is 13.3. The molecule has 4 aromatic rings. The van der Waals surface area contributed by atoms with Crippen molar-refractivity contribution in [3.8, 4) is 11.4 Å². The van der Waals surface area contributed by atoms with Crippen LogP contribution in [0.2, 0.25) is 5.02 Å². The number of hydrogen-bond donors (Lipinski definition) is 1. The third kappa shape index (κ3) is 5.67. The molecule has 0 saturated carbocycles. The third-order valence-electron chi connectivity index (χ3n) is 5.00. The molecule has 1 atom stereocenters. The van der Waals surface area contributed by atoms with E-state index in [0.717, 1.165) is 17.5 Å². The minimum Gasteiger partial charge on any atom is -0.385 e. The topological polar surface area (TPSA) is 95.1 Å². The summed E-state index contributed by atoms with van der Waals surface area (Å²) in [5.74, 6) is 1.38. The summed E-state index contributed by atoms with van der Waals surface area (Å²) in [5.41, 5.74) is 1.61. The van der Waals surface area contributed by atoms with Crippen molar-refractivity contribution in [1.82, 2.24) is 19.9 Å². The van der Waals surface area contributed by atoms with Crippen LogP contribution >= 0.6 is 23.4 Å². The van der Waals surface area contributed by atoms with Crippen LogP contribution in [0.5, 0.6) is 0 Å². The van der Waals surface area contributed by atoms with Gasteiger partial charge in [-0.2, -0.15) is 0 Å². The molecule has 0 radical (unpaired) electrons. The molecule has 2 heterocycles. The Labute approximate surface area is 206 Å². The number of anilines is 1. The van der Waals surface area contributed by atoms with E-state index in [9.17, 15) is 4.79 Å². The fourth-order valence-corrected chi connectivity index (χ4v) is 4.69. The van der Waals surface area contributed by atoms with Crippen molar-refractivity contribution in [1.29, 1.82) is 0 Å². The number of benzene rings is 2. The number of carbonyl (C=O) groups is 1. The van der Waals surface area contributed by atoms with Gasteiger partial charge in [0.15, 0.2) is 16.8 Å². The lowest BCUT2D eigenvalue weighted by Crippen LogP contribution is -2.20. The second kappa shape index (κ2) is 11.3. The smallest absolute Gasteiger partial charge is 0.243 e. The molecule has 2 aromatic heterocycles. The quantitative estimate of drug-likeness (QED) is 0.231. The Morgan fingerprint density at radius 3 is 2.65 bits per heavy atom. The van der Waals surface area contributed by atoms with Crippen molar-refractivity contribution in [2.24, 2.45) is 0 Å². The van der Waals surface area contributed by atoms with Gasteiger partial charge in [-0.3, -0.25) is 4.79 Å². The van der Waals surface area contributed by atoms with Crippen molar-refractivity contribution in [2.45, 2.75) is 30.3 Å². The second-order valence-electron chi connectivity index (χ2n) is 7.50. The summed E-state index contributed by atoms with van der Waals surface area (Å²) in [7, 11) is 1.66. The zero-order chi connectivity index (χ0) is 23.9. The highest BCUT2D eigenvalue weighted by atomic mass is 35.5. The number of hydrogen-bond acceptors (Lipinski definition) is 7. The van der Waals surface area contributed by atoms with E-state index in [1.54, 1.807) is 20.1 Å². The lowest BCUT2D eigenvalue weighted by atomic mass is 10.1. The lowest BCUT2D eigenvalue weighted by Gasteiger charge is -2.17. The van der Waals surface area contributed by atoms with Crippen molar-refractivity contribution in [3.05, 3.63) is 77.0 Å². The predicted octanol–water partition coefficient (Wildman–Crippen LogP) is 5.40. The molecule has 1 unspecified atom stereocenters. The van der Waals surface area contributed by atoms with Gasteiger partial charge in [0.2, 0.25) is 5.91 Å². The Morgan fingerprint density at radius 2 is 1.94 bits per heavy atom. The fraction of sp³-hybridized carbons (Fsp3) is 0.250. The summed E-state index contributed by atoms with van der Waals surface area (Å²) in [6, 6.07) is 18.7. The van der Waals surface area contributed by atoms with Gasteiger partial charge in [-0.25, -0.2) is 0 Å². The van der Waals surface area contributed by atoms with Gasteiger partial charge >= 0.3 is 0 Å². The average molecular weight is 498 g/mol. The minimum atomic E-state index is -0.595. The van der Waals surface area contributed by atoms with Gasteiger partial charge in [0.1, 0.15) is 11.0 Å². The number of aryl methyl sites for hydroxylation is 1. The maximum absolute atomic E-state index is 13.3. The zero-order valence-corrected chi connectivity index (χ0v) is 20.3. The molecule has 10 heteroatoms. The van der Waals surface area contributed by atoms with Crippen LogP contribution in [-0.2, 0) is 16.1 Å². The molecule has 34 heavy (non-hydrogen) atoms. The molecule has 0 aliphatic carbocycles. The van der Waals surface area contributed by atoms with E-state index in [4.69, 9.17) is 20.9 Å². The van der Waals surface area contributed by atoms with Crippen LogP contribution in [0.25, 0.3) is 11.4 Å². The molecule has 0 fully saturated rings. The first-order valence-electron chi connectivity index (χ1n) is 10.7. The van der Waals surface area contributed by atoms with Gasteiger partial charge in [-0.15, -0.1) is 10.2 Å². The molecule has 0 spiro atoms. The maximum Gasteiger partial charge on any atom is 0.243 e. The van der Waals surface area contributed by atoms with Gasteiger partial charge < -0.3 is 19.1 Å². The highest BCUT2D eigenvalue weighted by molar-refractivity contribution is 8.00. The molecule has 1 N–H and O–H groups in total. The molecule has 2 aromatic carbocycles. The molecule has 0 aliphatic heterocycles. The number of nitrogens with one attached hydrogen (secondary N) is 1. The number of thioether (sulfide) groups is 1. The summed E-state index contributed by atoms with van der Waals surface area (Å²) in [6.45, 7) is 2.96. The van der Waals surface area contributed by atoms with Crippen molar-refractivity contribution < 1.29 is 14.1 Å². The Hall–Kier alpha value is -3.14. The van der Waals surface area contributed by atoms with E-state index in [1.807, 2.05) is 59.2 Å². The number of aromatic nitrogens is 4. The molecule has 0 saturated heterocycles. The molecular weight excluding hydrogens is 474 g/mol. The van der Waals surface area contributed by atoms with Crippen molar-refractivity contribution >= 4 is 35.1 Å². The summed E-state index contributed by atoms with van der Waals surface area (Å²) >= 11 is 7.77. The van der Waals surface area contributed by atoms with E-state index >= 15 is 0 Å². The fourth-order valence-electron chi connectivity index (χ4n) is 3.41. The summed E-state index contributed by atoms with van der Waals surface area (Å²) in [4.78, 5) is 13.3. The Balaban J connectivity index is 1.68. The summed E-state index contributed by atoms with van der Waals surface area (Å²) < 4.78 is 12.3. The Kier molecular flexibility index (Phi) is 7.99. The highest BCUT2D eigenvalue weighted by Gasteiger charge is 2.27. The SMILES string of the molecule is COCCCn1c(SC(C(=O)Nc2cc(C)on2)c2ccccc2)nnc1-c1ccccc1Cl. The Bertz CT molecular complexity index is 1240. The van der Waals surface area contributed by atoms with Crippen LogP contribution < -0.4 is 5.32 Å². The molecule has 0 aliphatic rings. The lowest BCUT2D eigenvalue weighted by molar-refractivity contribution is -0.115. The van der Waals surface area contributed by atoms with E-state index in [0.29, 0.717) is 40.7 Å². The normalized spacial score (nSPS) is 12.0. The number of methoxy groups -OCH3 is 1. The molecular formula is C24H24ClN5O3S. The first-order valence-corrected chi connectivity index (χ1v) is 12.0. The van der Waals surface area contributed by atoms with Crippen LogP contribution in [0.4, 0.5) is 5.82 Å².